The zero-order chi connectivity index (χ0) is 32.8. The second-order valence-corrected chi connectivity index (χ2v) is 18.1. The monoisotopic (exact) mass is 638 g/mol. The Hall–Kier alpha value is -0.400. The van der Waals surface area contributed by atoms with Gasteiger partial charge in [0.15, 0.2) is 6.29 Å². The Bertz CT molecular complexity index is 1170. The molecule has 0 aromatic carbocycles. The summed E-state index contributed by atoms with van der Waals surface area (Å²) in [5.41, 5.74) is -3.54. The van der Waals surface area contributed by atoms with Crippen LogP contribution in [-0.2, 0) is 14.2 Å². The maximum absolute atomic E-state index is 12.4. The van der Waals surface area contributed by atoms with E-state index in [-0.39, 0.29) is 47.6 Å². The highest BCUT2D eigenvalue weighted by Crippen LogP contribution is 2.89. The van der Waals surface area contributed by atoms with Crippen LogP contribution in [0.4, 0.5) is 0 Å². The number of rotatable bonds is 5. The Labute approximate surface area is 267 Å². The van der Waals surface area contributed by atoms with Gasteiger partial charge in [-0.3, -0.25) is 0 Å². The first-order chi connectivity index (χ1) is 20.8. The summed E-state index contributed by atoms with van der Waals surface area (Å²) < 4.78 is 18.6. The molecule has 0 aromatic heterocycles. The number of ether oxygens (including phenoxy) is 3. The maximum Gasteiger partial charge on any atom is 0.186 e. The van der Waals surface area contributed by atoms with Gasteiger partial charge < -0.3 is 50.0 Å². The van der Waals surface area contributed by atoms with E-state index in [1.807, 2.05) is 6.92 Å². The fourth-order valence-electron chi connectivity index (χ4n) is 13.5. The van der Waals surface area contributed by atoms with Crippen molar-refractivity contribution in [2.75, 3.05) is 13.2 Å². The summed E-state index contributed by atoms with van der Waals surface area (Å²) >= 11 is 0. The minimum atomic E-state index is -1.32. The molecule has 0 aromatic rings. The Morgan fingerprint density at radius 3 is 2.16 bits per heavy atom. The van der Waals surface area contributed by atoms with Crippen LogP contribution >= 0.6 is 0 Å². The fourth-order valence-corrected chi connectivity index (χ4v) is 13.5. The van der Waals surface area contributed by atoms with Crippen molar-refractivity contribution >= 4 is 0 Å². The van der Waals surface area contributed by atoms with Crippen molar-refractivity contribution in [1.29, 1.82) is 0 Å². The lowest BCUT2D eigenvalue weighted by Crippen LogP contribution is -2.66. The van der Waals surface area contributed by atoms with Gasteiger partial charge in [0.25, 0.3) is 0 Å². The average molecular weight is 639 g/mol. The van der Waals surface area contributed by atoms with Crippen molar-refractivity contribution in [2.24, 2.45) is 44.8 Å². The van der Waals surface area contributed by atoms with Crippen molar-refractivity contribution in [3.05, 3.63) is 0 Å². The van der Waals surface area contributed by atoms with Crippen molar-refractivity contribution in [1.82, 2.24) is 0 Å². The molecule has 7 aliphatic rings. The van der Waals surface area contributed by atoms with Crippen molar-refractivity contribution in [3.8, 4) is 0 Å². The summed E-state index contributed by atoms with van der Waals surface area (Å²) in [6.45, 7) is 11.9. The van der Waals surface area contributed by atoms with Crippen LogP contribution in [-0.4, -0.2) is 109 Å². The molecule has 258 valence electrons. The number of fused-ring (bicyclic) bond motifs is 2. The summed E-state index contributed by atoms with van der Waals surface area (Å²) in [6.07, 6.45) is 0.117. The van der Waals surface area contributed by atoms with Crippen LogP contribution in [0.3, 0.4) is 0 Å². The third-order valence-electron chi connectivity index (χ3n) is 15.5. The Balaban J connectivity index is 1.17. The van der Waals surface area contributed by atoms with Crippen molar-refractivity contribution in [3.63, 3.8) is 0 Å². The van der Waals surface area contributed by atoms with Crippen LogP contribution in [0.15, 0.2) is 0 Å². The molecule has 5 aliphatic carbocycles. The predicted octanol–water partition coefficient (Wildman–Crippen LogP) is 1.87. The molecule has 10 heteroatoms. The van der Waals surface area contributed by atoms with Gasteiger partial charge in [-0.15, -0.1) is 0 Å². The first-order valence-corrected chi connectivity index (χ1v) is 17.5. The van der Waals surface area contributed by atoms with Gasteiger partial charge >= 0.3 is 0 Å². The summed E-state index contributed by atoms with van der Waals surface area (Å²) in [5, 5.41) is 77.2. The van der Waals surface area contributed by atoms with Crippen LogP contribution in [0, 0.1) is 44.8 Å². The molecular formula is C35H58O10. The fraction of sp³-hybridized carbons (Fsp3) is 1.00. The van der Waals surface area contributed by atoms with E-state index in [0.717, 1.165) is 32.1 Å². The molecule has 0 amide bonds. The highest BCUT2D eigenvalue weighted by Gasteiger charge is 2.86. The maximum atomic E-state index is 12.4. The summed E-state index contributed by atoms with van der Waals surface area (Å²) in [7, 11) is 0. The quantitative estimate of drug-likeness (QED) is 0.221. The molecule has 7 N–H and O–H groups in total. The lowest BCUT2D eigenvalue weighted by Gasteiger charge is -2.65. The molecule has 10 nitrogen and oxygen atoms in total. The SMILES string of the molecule is CC(C)(O)[C@H]1CC[C@@](C)([C@H]2[C@@H](O)C[C@@]3(C)[C@@H]4CC[C@@H]5C(C)(C)[C@@H](O[C@@H]6OC[C@@H](O)[C@H](O)[C@H]6O)CC[C@@]56C[C@@]46C[C@@H](O)[C@]23CO)O1. The van der Waals surface area contributed by atoms with Gasteiger partial charge in [0.1, 0.15) is 18.3 Å². The minimum Gasteiger partial charge on any atom is -0.396 e. The van der Waals surface area contributed by atoms with E-state index in [1.54, 1.807) is 13.8 Å². The number of hydrogen-bond donors (Lipinski definition) is 7. The molecule has 5 saturated carbocycles. The van der Waals surface area contributed by atoms with E-state index in [2.05, 4.69) is 20.8 Å². The highest BCUT2D eigenvalue weighted by molar-refractivity contribution is 5.34. The topological polar surface area (TPSA) is 169 Å². The summed E-state index contributed by atoms with van der Waals surface area (Å²) in [6, 6.07) is 0. The molecule has 7 rings (SSSR count). The Kier molecular flexibility index (Phi) is 7.42. The molecule has 0 radical (unpaired) electrons. The molecule has 7 fully saturated rings. The third-order valence-corrected chi connectivity index (χ3v) is 15.5. The normalized spacial score (nSPS) is 58.7. The number of aliphatic hydroxyl groups is 7. The minimum absolute atomic E-state index is 0.0232. The Morgan fingerprint density at radius 1 is 0.822 bits per heavy atom. The van der Waals surface area contributed by atoms with Crippen LogP contribution in [0.5, 0.6) is 0 Å². The highest BCUT2D eigenvalue weighted by atomic mass is 16.7. The first-order valence-electron chi connectivity index (χ1n) is 17.5. The average Bonchev–Trinajstić information content (AvgIpc) is 3.27. The first kappa shape index (κ1) is 33.1. The van der Waals surface area contributed by atoms with E-state index in [1.165, 1.54) is 0 Å². The molecule has 16 atom stereocenters. The molecule has 2 saturated heterocycles. The molecular weight excluding hydrogens is 580 g/mol. The molecule has 2 aliphatic heterocycles. The van der Waals surface area contributed by atoms with Gasteiger partial charge in [-0.05, 0) is 112 Å². The molecule has 2 spiro atoms. The zero-order valence-electron chi connectivity index (χ0n) is 28.0. The predicted molar refractivity (Wildman–Crippen MR) is 163 cm³/mol. The second kappa shape index (κ2) is 10.1. The lowest BCUT2D eigenvalue weighted by atomic mass is 9.40. The summed E-state index contributed by atoms with van der Waals surface area (Å²) in [5.74, 6) is 0.0995. The van der Waals surface area contributed by atoms with Gasteiger partial charge in [0, 0.05) is 11.3 Å². The zero-order valence-corrected chi connectivity index (χ0v) is 28.0. The number of hydrogen-bond acceptors (Lipinski definition) is 10. The third kappa shape index (κ3) is 4.10. The van der Waals surface area contributed by atoms with E-state index >= 15 is 0 Å². The summed E-state index contributed by atoms with van der Waals surface area (Å²) in [4.78, 5) is 0. The van der Waals surface area contributed by atoms with Gasteiger partial charge in [-0.2, -0.15) is 0 Å². The second-order valence-electron chi connectivity index (χ2n) is 18.1. The van der Waals surface area contributed by atoms with E-state index in [9.17, 15) is 35.7 Å². The van der Waals surface area contributed by atoms with Gasteiger partial charge in [-0.1, -0.05) is 20.8 Å². The van der Waals surface area contributed by atoms with Crippen molar-refractivity contribution in [2.45, 2.75) is 160 Å². The molecule has 2 heterocycles. The van der Waals surface area contributed by atoms with E-state index in [0.29, 0.717) is 31.6 Å². The number of aliphatic hydroxyl groups excluding tert-OH is 6. The smallest absolute Gasteiger partial charge is 0.186 e. The van der Waals surface area contributed by atoms with Gasteiger partial charge in [0.05, 0.1) is 48.8 Å². The van der Waals surface area contributed by atoms with Gasteiger partial charge in [0.2, 0.25) is 0 Å². The molecule has 0 bridgehead atoms. The van der Waals surface area contributed by atoms with Crippen LogP contribution in [0.25, 0.3) is 0 Å². The lowest BCUT2D eigenvalue weighted by molar-refractivity contribution is -0.304. The Morgan fingerprint density at radius 2 is 1.51 bits per heavy atom. The molecule has 45 heavy (non-hydrogen) atoms. The van der Waals surface area contributed by atoms with Crippen LogP contribution in [0.2, 0.25) is 0 Å². The van der Waals surface area contributed by atoms with Crippen LogP contribution in [0.1, 0.15) is 99.3 Å². The van der Waals surface area contributed by atoms with Crippen molar-refractivity contribution < 1.29 is 50.0 Å². The standard InChI is InChI=1S/C35H58O10/c1-29(2)20-7-8-21-31(5)13-18(37)27(32(6)11-9-24(45-32)30(3,4)42)35(31,17-36)22(39)14-34(21)16-33(20,34)12-10-23(29)44-28-26(41)25(40)19(38)15-43-28/h18-28,36-42H,7-17H2,1-6H3/t18-,19+,20+,21-,22+,23-,24+,25-,26+,27+,28-,31-,32-,33+,34-,35+/m0/s1. The largest absolute Gasteiger partial charge is 0.396 e. The van der Waals surface area contributed by atoms with E-state index in [4.69, 9.17) is 14.2 Å². The van der Waals surface area contributed by atoms with E-state index < -0.39 is 64.8 Å². The van der Waals surface area contributed by atoms with Gasteiger partial charge in [-0.25, -0.2) is 0 Å². The molecule has 0 unspecified atom stereocenters. The van der Waals surface area contributed by atoms with Crippen LogP contribution < -0.4 is 0 Å².